The van der Waals surface area contributed by atoms with Crippen LogP contribution in [0.3, 0.4) is 0 Å². The van der Waals surface area contributed by atoms with Crippen LogP contribution < -0.4 is 10.1 Å². The van der Waals surface area contributed by atoms with Gasteiger partial charge in [0, 0.05) is 52.6 Å². The van der Waals surface area contributed by atoms with Crippen LogP contribution in [-0.4, -0.2) is 64.0 Å². The summed E-state index contributed by atoms with van der Waals surface area (Å²) in [7, 11) is 3.30. The monoisotopic (exact) mass is 531 g/mol. The number of alkyl halides is 2. The topological polar surface area (TPSA) is 55.3 Å². The predicted octanol–water partition coefficient (Wildman–Crippen LogP) is 3.64. The molecule has 10 heteroatoms. The van der Waals surface area contributed by atoms with Crippen LogP contribution in [0.5, 0.6) is 5.75 Å². The number of nitrogens with zero attached hydrogens (tertiary/aromatic N) is 2. The van der Waals surface area contributed by atoms with Crippen LogP contribution in [0.4, 0.5) is 13.2 Å². The number of hydrogen-bond acceptors (Lipinski definition) is 4. The molecule has 1 aromatic rings. The largest absolute Gasteiger partial charge is 0.434 e. The maximum Gasteiger partial charge on any atom is 0.387 e. The highest BCUT2D eigenvalue weighted by Crippen LogP contribution is 2.23. The van der Waals surface area contributed by atoms with E-state index in [-0.39, 0.29) is 47.9 Å². The van der Waals surface area contributed by atoms with Gasteiger partial charge < -0.3 is 24.4 Å². The third-order valence-electron chi connectivity index (χ3n) is 4.51. The molecule has 6 nitrogen and oxygen atoms in total. The highest BCUT2D eigenvalue weighted by molar-refractivity contribution is 14.0. The van der Waals surface area contributed by atoms with Crippen molar-refractivity contribution in [2.24, 2.45) is 4.99 Å². The number of guanidine groups is 1. The van der Waals surface area contributed by atoms with Gasteiger partial charge in [-0.05, 0) is 31.4 Å². The van der Waals surface area contributed by atoms with Crippen molar-refractivity contribution in [3.63, 3.8) is 0 Å². The van der Waals surface area contributed by atoms with Crippen LogP contribution in [-0.2, 0) is 16.0 Å². The summed E-state index contributed by atoms with van der Waals surface area (Å²) in [5.74, 6) is -0.200. The molecular weight excluding hydrogens is 502 g/mol. The molecule has 0 amide bonds. The second kappa shape index (κ2) is 13.9. The van der Waals surface area contributed by atoms with Crippen molar-refractivity contribution in [3.8, 4) is 5.75 Å². The molecule has 1 aliphatic heterocycles. The van der Waals surface area contributed by atoms with E-state index in [4.69, 9.17) is 9.47 Å². The van der Waals surface area contributed by atoms with E-state index in [1.807, 2.05) is 4.90 Å². The Kier molecular flexibility index (Phi) is 12.3. The number of hydrogen-bond donors (Lipinski definition) is 1. The Balaban J connectivity index is 0.00000420. The number of ether oxygens (including phenoxy) is 3. The van der Waals surface area contributed by atoms with E-state index >= 15 is 0 Å². The molecule has 0 saturated carbocycles. The first kappa shape index (κ1) is 25.8. The summed E-state index contributed by atoms with van der Waals surface area (Å²) in [6, 6.07) is 3.87. The molecule has 1 saturated heterocycles. The van der Waals surface area contributed by atoms with Crippen LogP contribution in [0.25, 0.3) is 0 Å². The van der Waals surface area contributed by atoms with Crippen LogP contribution in [0.1, 0.15) is 24.8 Å². The molecule has 1 fully saturated rings. The number of aliphatic imine (C=N–C) groups is 1. The van der Waals surface area contributed by atoms with Gasteiger partial charge in [0.15, 0.2) is 5.96 Å². The number of piperidine rings is 1. The van der Waals surface area contributed by atoms with Gasteiger partial charge in [-0.15, -0.1) is 24.0 Å². The first-order valence-electron chi connectivity index (χ1n) is 9.33. The molecule has 0 radical (unpaired) electrons. The molecule has 0 unspecified atom stereocenters. The molecule has 0 aromatic heterocycles. The molecule has 1 aliphatic rings. The number of halogens is 4. The number of rotatable bonds is 9. The Bertz CT molecular complexity index is 630. The summed E-state index contributed by atoms with van der Waals surface area (Å²) in [5, 5.41) is 3.04. The van der Waals surface area contributed by atoms with Gasteiger partial charge in [0.1, 0.15) is 11.6 Å². The van der Waals surface area contributed by atoms with E-state index in [1.165, 1.54) is 18.2 Å². The van der Waals surface area contributed by atoms with Crippen LogP contribution in [0, 0.1) is 5.82 Å². The molecular formula is C19H29F3IN3O3. The third-order valence-corrected chi connectivity index (χ3v) is 4.51. The standard InChI is InChI=1S/C19H28F3N3O3.HI/c1-23-19(25-9-7-14(8-10-25)27-12-4-11-26-2)24-13-15-16(20)5-3-6-17(15)28-18(21)22;/h3,5-6,14,18H,4,7-13H2,1-2H3,(H,23,24);1H. The average molecular weight is 531 g/mol. The molecule has 166 valence electrons. The molecule has 1 heterocycles. The zero-order chi connectivity index (χ0) is 20.4. The van der Waals surface area contributed by atoms with Crippen molar-refractivity contribution in [2.45, 2.75) is 38.5 Å². The van der Waals surface area contributed by atoms with E-state index in [9.17, 15) is 13.2 Å². The predicted molar refractivity (Wildman–Crippen MR) is 116 cm³/mol. The van der Waals surface area contributed by atoms with E-state index < -0.39 is 12.4 Å². The van der Waals surface area contributed by atoms with Crippen molar-refractivity contribution >= 4 is 29.9 Å². The van der Waals surface area contributed by atoms with Gasteiger partial charge in [0.2, 0.25) is 0 Å². The Morgan fingerprint density at radius 1 is 1.28 bits per heavy atom. The van der Waals surface area contributed by atoms with Gasteiger partial charge in [0.25, 0.3) is 0 Å². The van der Waals surface area contributed by atoms with Crippen LogP contribution >= 0.6 is 24.0 Å². The summed E-state index contributed by atoms with van der Waals surface area (Å²) < 4.78 is 54.4. The molecule has 2 rings (SSSR count). The number of methoxy groups -OCH3 is 1. The van der Waals surface area contributed by atoms with Crippen molar-refractivity contribution in [2.75, 3.05) is 40.5 Å². The van der Waals surface area contributed by atoms with E-state index in [0.29, 0.717) is 19.2 Å². The molecule has 0 atom stereocenters. The first-order valence-corrected chi connectivity index (χ1v) is 9.33. The smallest absolute Gasteiger partial charge is 0.387 e. The third kappa shape index (κ3) is 8.55. The Morgan fingerprint density at radius 3 is 2.62 bits per heavy atom. The molecule has 0 bridgehead atoms. The Morgan fingerprint density at radius 2 is 2.00 bits per heavy atom. The maximum absolute atomic E-state index is 14.1. The quantitative estimate of drug-likeness (QED) is 0.228. The highest BCUT2D eigenvalue weighted by Gasteiger charge is 2.22. The van der Waals surface area contributed by atoms with Crippen LogP contribution in [0.2, 0.25) is 0 Å². The SMILES string of the molecule is CN=C(NCc1c(F)cccc1OC(F)F)N1CCC(OCCCOC)CC1.I. The highest BCUT2D eigenvalue weighted by atomic mass is 127. The summed E-state index contributed by atoms with van der Waals surface area (Å²) in [4.78, 5) is 6.27. The van der Waals surface area contributed by atoms with E-state index in [1.54, 1.807) is 14.2 Å². The lowest BCUT2D eigenvalue weighted by atomic mass is 10.1. The normalized spacial score (nSPS) is 15.4. The summed E-state index contributed by atoms with van der Waals surface area (Å²) >= 11 is 0. The van der Waals surface area contributed by atoms with Gasteiger partial charge in [-0.3, -0.25) is 4.99 Å². The summed E-state index contributed by atoms with van der Waals surface area (Å²) in [5.41, 5.74) is 0.0420. The van der Waals surface area contributed by atoms with Crippen molar-refractivity contribution in [1.29, 1.82) is 0 Å². The lowest BCUT2D eigenvalue weighted by Crippen LogP contribution is -2.46. The van der Waals surface area contributed by atoms with E-state index in [2.05, 4.69) is 15.0 Å². The molecule has 1 N–H and O–H groups in total. The molecule has 0 spiro atoms. The van der Waals surface area contributed by atoms with Gasteiger partial charge >= 0.3 is 6.61 Å². The summed E-state index contributed by atoms with van der Waals surface area (Å²) in [6.45, 7) is -0.176. The Labute approximate surface area is 186 Å². The van der Waals surface area contributed by atoms with Gasteiger partial charge in [-0.1, -0.05) is 6.07 Å². The fourth-order valence-corrected chi connectivity index (χ4v) is 3.10. The van der Waals surface area contributed by atoms with Crippen molar-refractivity contribution < 1.29 is 27.4 Å². The zero-order valence-electron chi connectivity index (χ0n) is 16.7. The molecule has 1 aromatic carbocycles. The number of likely N-dealkylation sites (tertiary alicyclic amines) is 1. The van der Waals surface area contributed by atoms with Gasteiger partial charge in [0.05, 0.1) is 6.10 Å². The number of benzene rings is 1. The number of nitrogens with one attached hydrogen (secondary N) is 1. The van der Waals surface area contributed by atoms with Crippen molar-refractivity contribution in [3.05, 3.63) is 29.6 Å². The minimum absolute atomic E-state index is 0. The zero-order valence-corrected chi connectivity index (χ0v) is 19.0. The minimum atomic E-state index is -3.01. The fraction of sp³-hybridized carbons (Fsp3) is 0.632. The summed E-state index contributed by atoms with van der Waals surface area (Å²) in [6.07, 6.45) is 2.77. The average Bonchev–Trinajstić information content (AvgIpc) is 2.68. The fourth-order valence-electron chi connectivity index (χ4n) is 3.10. The second-order valence-electron chi connectivity index (χ2n) is 6.40. The minimum Gasteiger partial charge on any atom is -0.434 e. The molecule has 0 aliphatic carbocycles. The maximum atomic E-state index is 14.1. The molecule has 29 heavy (non-hydrogen) atoms. The van der Waals surface area contributed by atoms with Gasteiger partial charge in [-0.2, -0.15) is 8.78 Å². The second-order valence-corrected chi connectivity index (χ2v) is 6.40. The lowest BCUT2D eigenvalue weighted by Gasteiger charge is -2.34. The first-order chi connectivity index (χ1) is 13.5. The van der Waals surface area contributed by atoms with Crippen LogP contribution in [0.15, 0.2) is 23.2 Å². The van der Waals surface area contributed by atoms with E-state index in [0.717, 1.165) is 32.4 Å². The lowest BCUT2D eigenvalue weighted by molar-refractivity contribution is -0.0506. The van der Waals surface area contributed by atoms with Crippen molar-refractivity contribution in [1.82, 2.24) is 10.2 Å². The Hall–Kier alpha value is -1.27. The van der Waals surface area contributed by atoms with Gasteiger partial charge in [-0.25, -0.2) is 4.39 Å².